The van der Waals surface area contributed by atoms with Crippen LogP contribution < -0.4 is 0 Å². The van der Waals surface area contributed by atoms with E-state index in [2.05, 4.69) is 0 Å². The first kappa shape index (κ1) is 14.0. The zero-order chi connectivity index (χ0) is 14.5. The molecule has 0 saturated heterocycles. The largest absolute Gasteiger partial charge is 0.748 e. The van der Waals surface area contributed by atoms with Gasteiger partial charge in [-0.2, -0.15) is 0 Å². The van der Waals surface area contributed by atoms with E-state index in [-0.39, 0.29) is 23.5 Å². The molecule has 0 aromatic rings. The predicted octanol–water partition coefficient (Wildman–Crippen LogP) is 0.469. The normalized spacial score (nSPS) is 39.0. The van der Waals surface area contributed by atoms with Crippen LogP contribution in [0.3, 0.4) is 0 Å². The van der Waals surface area contributed by atoms with Crippen LogP contribution in [-0.2, 0) is 24.4 Å². The summed E-state index contributed by atoms with van der Waals surface area (Å²) < 4.78 is 36.9. The fourth-order valence-electron chi connectivity index (χ4n) is 4.18. The summed E-state index contributed by atoms with van der Waals surface area (Å²) in [5.41, 5.74) is 0. The molecule has 4 rings (SSSR count). The highest BCUT2D eigenvalue weighted by Crippen LogP contribution is 2.52. The Bertz CT molecular complexity index is 539. The van der Waals surface area contributed by atoms with Gasteiger partial charge >= 0.3 is 5.97 Å². The van der Waals surface area contributed by atoms with Crippen molar-refractivity contribution >= 4 is 21.9 Å². The van der Waals surface area contributed by atoms with Crippen molar-refractivity contribution in [2.75, 3.05) is 5.75 Å². The molecule has 7 heteroatoms. The molecule has 112 valence electrons. The summed E-state index contributed by atoms with van der Waals surface area (Å²) in [4.78, 5) is 23.8. The molecule has 0 radical (unpaired) electrons. The van der Waals surface area contributed by atoms with Crippen LogP contribution in [0.2, 0.25) is 0 Å². The average molecular weight is 301 g/mol. The van der Waals surface area contributed by atoms with Crippen LogP contribution in [0.25, 0.3) is 0 Å². The molecule has 4 aliphatic rings. The highest BCUT2D eigenvalue weighted by molar-refractivity contribution is 7.85. The van der Waals surface area contributed by atoms with Crippen LogP contribution >= 0.6 is 0 Å². The lowest BCUT2D eigenvalue weighted by Crippen LogP contribution is -2.55. The minimum absolute atomic E-state index is 0.134. The summed E-state index contributed by atoms with van der Waals surface area (Å²) in [5.74, 6) is -0.510. The van der Waals surface area contributed by atoms with Crippen molar-refractivity contribution in [2.24, 2.45) is 23.7 Å². The fourth-order valence-corrected chi connectivity index (χ4v) is 4.59. The zero-order valence-corrected chi connectivity index (χ0v) is 11.8. The Hall–Kier alpha value is -0.950. The molecule has 0 amide bonds. The summed E-state index contributed by atoms with van der Waals surface area (Å²) in [6, 6.07) is 0. The Morgan fingerprint density at radius 2 is 2.00 bits per heavy atom. The molecule has 0 aromatic heterocycles. The second-order valence-corrected chi connectivity index (χ2v) is 7.76. The first-order chi connectivity index (χ1) is 9.33. The second-order valence-electron chi connectivity index (χ2n) is 6.24. The van der Waals surface area contributed by atoms with Crippen LogP contribution in [0.1, 0.15) is 32.1 Å². The standard InChI is InChI=1S/C13H18O6S/c14-11(1-2-20(16,17)18)19-13-9-4-7-3-8(6-9)12(15)10(13)5-7/h7-10,13H,1-6H2,(H,16,17,18)/p-1. The van der Waals surface area contributed by atoms with Crippen LogP contribution in [0.4, 0.5) is 0 Å². The second kappa shape index (κ2) is 4.80. The Morgan fingerprint density at radius 1 is 1.25 bits per heavy atom. The SMILES string of the molecule is O=C(CCS(=O)(=O)[O-])OC1C2CC3CC(C2)C(=O)C1C3. The van der Waals surface area contributed by atoms with E-state index in [1.807, 2.05) is 0 Å². The van der Waals surface area contributed by atoms with Crippen LogP contribution in [0, 0.1) is 23.7 Å². The molecule has 0 aliphatic heterocycles. The maximum atomic E-state index is 12.1. The Balaban J connectivity index is 1.63. The lowest BCUT2D eigenvalue weighted by molar-refractivity contribution is -0.175. The molecule has 5 atom stereocenters. The molecule has 20 heavy (non-hydrogen) atoms. The van der Waals surface area contributed by atoms with Crippen molar-refractivity contribution in [2.45, 2.75) is 38.2 Å². The van der Waals surface area contributed by atoms with Gasteiger partial charge in [0.2, 0.25) is 0 Å². The smallest absolute Gasteiger partial charge is 0.307 e. The van der Waals surface area contributed by atoms with E-state index in [1.165, 1.54) is 0 Å². The Kier molecular flexibility index (Phi) is 3.36. The molecule has 0 spiro atoms. The van der Waals surface area contributed by atoms with Crippen LogP contribution in [0.5, 0.6) is 0 Å². The zero-order valence-electron chi connectivity index (χ0n) is 11.0. The van der Waals surface area contributed by atoms with Crippen molar-refractivity contribution in [3.63, 3.8) is 0 Å². The molecule has 0 aromatic carbocycles. The molecular weight excluding hydrogens is 284 g/mol. The number of carbonyl (C=O) groups is 2. The topological polar surface area (TPSA) is 101 Å². The molecule has 0 N–H and O–H groups in total. The fraction of sp³-hybridized carbons (Fsp3) is 0.846. The summed E-state index contributed by atoms with van der Waals surface area (Å²) in [6.07, 6.45) is 2.69. The van der Waals surface area contributed by atoms with E-state index >= 15 is 0 Å². The number of esters is 1. The molecule has 0 heterocycles. The molecule has 4 saturated carbocycles. The average Bonchev–Trinajstić information content (AvgIpc) is 2.36. The molecule has 6 nitrogen and oxygen atoms in total. The highest BCUT2D eigenvalue weighted by Gasteiger charge is 2.54. The van der Waals surface area contributed by atoms with E-state index in [0.717, 1.165) is 25.7 Å². The number of hydrogen-bond acceptors (Lipinski definition) is 6. The summed E-state index contributed by atoms with van der Waals surface area (Å²) >= 11 is 0. The third-order valence-corrected chi connectivity index (χ3v) is 5.59. The van der Waals surface area contributed by atoms with Gasteiger partial charge in [0.05, 0.1) is 22.5 Å². The molecule has 4 fully saturated rings. The van der Waals surface area contributed by atoms with E-state index in [4.69, 9.17) is 4.74 Å². The van der Waals surface area contributed by atoms with Crippen LogP contribution in [-0.4, -0.2) is 36.6 Å². The molecular formula is C13H17O6S-. The van der Waals surface area contributed by atoms with Crippen molar-refractivity contribution in [3.05, 3.63) is 0 Å². The monoisotopic (exact) mass is 301 g/mol. The lowest BCUT2D eigenvalue weighted by atomic mass is 9.54. The molecule has 5 unspecified atom stereocenters. The molecule has 4 aliphatic carbocycles. The van der Waals surface area contributed by atoms with Crippen molar-refractivity contribution in [1.29, 1.82) is 0 Å². The van der Waals surface area contributed by atoms with E-state index in [9.17, 15) is 22.6 Å². The van der Waals surface area contributed by atoms with E-state index < -0.39 is 34.4 Å². The predicted molar refractivity (Wildman–Crippen MR) is 66.5 cm³/mol. The van der Waals surface area contributed by atoms with Gasteiger partial charge in [-0.05, 0) is 37.5 Å². The first-order valence-corrected chi connectivity index (χ1v) is 8.58. The summed E-state index contributed by atoms with van der Waals surface area (Å²) in [5, 5.41) is 0. The Morgan fingerprint density at radius 3 is 2.70 bits per heavy atom. The number of rotatable bonds is 4. The number of Topliss-reactive ketones (excluding diaryl/α,β-unsaturated/α-hetero) is 1. The summed E-state index contributed by atoms with van der Waals surface area (Å²) in [7, 11) is -4.41. The van der Waals surface area contributed by atoms with Crippen molar-refractivity contribution < 1.29 is 27.3 Å². The third-order valence-electron chi connectivity index (χ3n) is 4.88. The minimum Gasteiger partial charge on any atom is -0.748 e. The van der Waals surface area contributed by atoms with Gasteiger partial charge in [0, 0.05) is 11.7 Å². The number of ketones is 1. The summed E-state index contributed by atoms with van der Waals surface area (Å²) in [6.45, 7) is 0. The maximum absolute atomic E-state index is 12.1. The van der Waals surface area contributed by atoms with E-state index in [1.54, 1.807) is 0 Å². The number of hydrogen-bond donors (Lipinski definition) is 0. The maximum Gasteiger partial charge on any atom is 0.307 e. The van der Waals surface area contributed by atoms with Gasteiger partial charge in [-0.1, -0.05) is 0 Å². The van der Waals surface area contributed by atoms with Gasteiger partial charge in [0.1, 0.15) is 11.9 Å². The quantitative estimate of drug-likeness (QED) is 0.552. The van der Waals surface area contributed by atoms with Gasteiger partial charge < -0.3 is 9.29 Å². The number of ether oxygens (including phenoxy) is 1. The number of carbonyl (C=O) groups excluding carboxylic acids is 2. The Labute approximate surface area is 117 Å². The van der Waals surface area contributed by atoms with Gasteiger partial charge in [0.25, 0.3) is 0 Å². The van der Waals surface area contributed by atoms with Gasteiger partial charge in [-0.25, -0.2) is 8.42 Å². The van der Waals surface area contributed by atoms with Gasteiger partial charge in [-0.3, -0.25) is 9.59 Å². The lowest BCUT2D eigenvalue weighted by Gasteiger charge is -2.52. The van der Waals surface area contributed by atoms with Crippen molar-refractivity contribution in [3.8, 4) is 0 Å². The first-order valence-electron chi connectivity index (χ1n) is 7.00. The van der Waals surface area contributed by atoms with Gasteiger partial charge in [0.15, 0.2) is 0 Å². The minimum atomic E-state index is -4.41. The highest BCUT2D eigenvalue weighted by atomic mass is 32.2. The van der Waals surface area contributed by atoms with Gasteiger partial charge in [-0.15, -0.1) is 0 Å². The van der Waals surface area contributed by atoms with Crippen molar-refractivity contribution in [1.82, 2.24) is 0 Å². The third kappa shape index (κ3) is 2.61. The molecule has 4 bridgehead atoms. The van der Waals surface area contributed by atoms with E-state index in [0.29, 0.717) is 5.92 Å². The van der Waals surface area contributed by atoms with Crippen LogP contribution in [0.15, 0.2) is 0 Å².